The molecule has 0 aliphatic heterocycles. The molecular formula is C14H21N3O2. The minimum Gasteiger partial charge on any atom is -0.325 e. The fourth-order valence-corrected chi connectivity index (χ4v) is 1.73. The molecule has 5 nitrogen and oxygen atoms in total. The van der Waals surface area contributed by atoms with Crippen LogP contribution in [0.4, 0.5) is 11.4 Å². The molecule has 5 heteroatoms. The van der Waals surface area contributed by atoms with Crippen molar-refractivity contribution in [2.24, 2.45) is 5.73 Å². The Kier molecular flexibility index (Phi) is 5.51. The van der Waals surface area contributed by atoms with E-state index < -0.39 is 6.04 Å². The van der Waals surface area contributed by atoms with Crippen LogP contribution >= 0.6 is 0 Å². The first-order valence-electron chi connectivity index (χ1n) is 6.38. The largest absolute Gasteiger partial charge is 0.325 e. The summed E-state index contributed by atoms with van der Waals surface area (Å²) in [4.78, 5) is 23.0. The lowest BCUT2D eigenvalue weighted by molar-refractivity contribution is -0.117. The summed E-state index contributed by atoms with van der Waals surface area (Å²) in [6, 6.07) is 4.91. The van der Waals surface area contributed by atoms with Crippen LogP contribution in [0.1, 0.15) is 32.3 Å². The van der Waals surface area contributed by atoms with E-state index in [1.165, 1.54) is 6.92 Å². The van der Waals surface area contributed by atoms with Gasteiger partial charge in [-0.1, -0.05) is 19.4 Å². The highest BCUT2D eigenvalue weighted by atomic mass is 16.2. The molecule has 0 radical (unpaired) electrons. The fourth-order valence-electron chi connectivity index (χ4n) is 1.73. The summed E-state index contributed by atoms with van der Waals surface area (Å²) in [7, 11) is 0. The second kappa shape index (κ2) is 6.89. The molecule has 1 rings (SSSR count). The van der Waals surface area contributed by atoms with Crippen LogP contribution in [0.25, 0.3) is 0 Å². The van der Waals surface area contributed by atoms with Gasteiger partial charge in [-0.15, -0.1) is 0 Å². The van der Waals surface area contributed by atoms with Crippen molar-refractivity contribution < 1.29 is 9.59 Å². The van der Waals surface area contributed by atoms with Gasteiger partial charge < -0.3 is 16.4 Å². The Morgan fingerprint density at radius 1 is 1.26 bits per heavy atom. The van der Waals surface area contributed by atoms with Gasteiger partial charge in [0.25, 0.3) is 0 Å². The van der Waals surface area contributed by atoms with Crippen molar-refractivity contribution in [3.8, 4) is 0 Å². The number of hydrogen-bond donors (Lipinski definition) is 3. The molecule has 1 aromatic carbocycles. The van der Waals surface area contributed by atoms with Gasteiger partial charge in [-0.05, 0) is 31.0 Å². The smallest absolute Gasteiger partial charge is 0.241 e. The van der Waals surface area contributed by atoms with E-state index >= 15 is 0 Å². The van der Waals surface area contributed by atoms with Crippen LogP contribution in [0.3, 0.4) is 0 Å². The summed E-state index contributed by atoms with van der Waals surface area (Å²) in [5, 5.41) is 5.45. The Balaban J connectivity index is 2.89. The number of nitrogens with one attached hydrogen (secondary N) is 2. The Hall–Kier alpha value is -1.88. The predicted molar refractivity (Wildman–Crippen MR) is 77.0 cm³/mol. The molecule has 0 aromatic heterocycles. The predicted octanol–water partition coefficient (Wildman–Crippen LogP) is 2.02. The average Bonchev–Trinajstić information content (AvgIpc) is 2.32. The van der Waals surface area contributed by atoms with Crippen LogP contribution in [-0.2, 0) is 9.59 Å². The van der Waals surface area contributed by atoms with Gasteiger partial charge in [0, 0.05) is 6.92 Å². The minimum absolute atomic E-state index is 0.183. The summed E-state index contributed by atoms with van der Waals surface area (Å²) in [5.41, 5.74) is 7.91. The third-order valence-corrected chi connectivity index (χ3v) is 2.68. The molecule has 1 atom stereocenters. The molecule has 1 unspecified atom stereocenters. The Morgan fingerprint density at radius 2 is 1.95 bits per heavy atom. The molecule has 0 saturated carbocycles. The SMILES string of the molecule is CCCC(N)C(=O)Nc1cc(C)ccc1NC(C)=O. The third kappa shape index (κ3) is 4.71. The maximum atomic E-state index is 11.9. The summed E-state index contributed by atoms with van der Waals surface area (Å²) in [6.07, 6.45) is 1.48. The molecule has 0 spiro atoms. The Morgan fingerprint density at radius 3 is 2.53 bits per heavy atom. The standard InChI is InChI=1S/C14H21N3O2/c1-4-5-11(15)14(19)17-13-8-9(2)6-7-12(13)16-10(3)18/h6-8,11H,4-5,15H2,1-3H3,(H,16,18)(H,17,19). The molecule has 104 valence electrons. The molecule has 1 aromatic rings. The maximum Gasteiger partial charge on any atom is 0.241 e. The number of rotatable bonds is 5. The van der Waals surface area contributed by atoms with E-state index in [1.807, 2.05) is 26.0 Å². The van der Waals surface area contributed by atoms with Crippen LogP contribution in [0.5, 0.6) is 0 Å². The van der Waals surface area contributed by atoms with Crippen LogP contribution in [-0.4, -0.2) is 17.9 Å². The number of carbonyl (C=O) groups is 2. The van der Waals surface area contributed by atoms with Crippen molar-refractivity contribution in [3.05, 3.63) is 23.8 Å². The van der Waals surface area contributed by atoms with Crippen molar-refractivity contribution >= 4 is 23.2 Å². The average molecular weight is 263 g/mol. The summed E-state index contributed by atoms with van der Waals surface area (Å²) in [5.74, 6) is -0.420. The number of aryl methyl sites for hydroxylation is 1. The van der Waals surface area contributed by atoms with Gasteiger partial charge in [-0.2, -0.15) is 0 Å². The molecule has 0 saturated heterocycles. The van der Waals surface area contributed by atoms with E-state index in [0.29, 0.717) is 17.8 Å². The number of amides is 2. The van der Waals surface area contributed by atoms with Crippen molar-refractivity contribution in [1.82, 2.24) is 0 Å². The molecule has 2 amide bonds. The Labute approximate surface area is 113 Å². The molecule has 0 aliphatic rings. The number of nitrogens with two attached hydrogens (primary N) is 1. The summed E-state index contributed by atoms with van der Waals surface area (Å²) >= 11 is 0. The quantitative estimate of drug-likeness (QED) is 0.759. The molecule has 19 heavy (non-hydrogen) atoms. The van der Waals surface area contributed by atoms with E-state index in [1.54, 1.807) is 6.07 Å². The topological polar surface area (TPSA) is 84.2 Å². The lowest BCUT2D eigenvalue weighted by atomic mass is 10.1. The maximum absolute atomic E-state index is 11.9. The highest BCUT2D eigenvalue weighted by Crippen LogP contribution is 2.23. The zero-order valence-corrected chi connectivity index (χ0v) is 11.6. The van der Waals surface area contributed by atoms with Crippen molar-refractivity contribution in [2.45, 2.75) is 39.7 Å². The number of hydrogen-bond acceptors (Lipinski definition) is 3. The molecular weight excluding hydrogens is 242 g/mol. The zero-order chi connectivity index (χ0) is 14.4. The number of benzene rings is 1. The van der Waals surface area contributed by atoms with Gasteiger partial charge in [-0.3, -0.25) is 9.59 Å². The molecule has 0 heterocycles. The van der Waals surface area contributed by atoms with Crippen LogP contribution < -0.4 is 16.4 Å². The first-order valence-corrected chi connectivity index (χ1v) is 6.38. The summed E-state index contributed by atoms with van der Waals surface area (Å²) < 4.78 is 0. The molecule has 0 fully saturated rings. The normalized spacial score (nSPS) is 11.8. The minimum atomic E-state index is -0.532. The van der Waals surface area contributed by atoms with Gasteiger partial charge in [-0.25, -0.2) is 0 Å². The molecule has 0 aliphatic carbocycles. The zero-order valence-electron chi connectivity index (χ0n) is 11.6. The second-order valence-electron chi connectivity index (χ2n) is 4.61. The van der Waals surface area contributed by atoms with Gasteiger partial charge in [0.15, 0.2) is 0 Å². The highest BCUT2D eigenvalue weighted by molar-refractivity contribution is 6.00. The van der Waals surface area contributed by atoms with Crippen LogP contribution in [0.2, 0.25) is 0 Å². The van der Waals surface area contributed by atoms with Crippen molar-refractivity contribution in [1.29, 1.82) is 0 Å². The van der Waals surface area contributed by atoms with Crippen LogP contribution in [0.15, 0.2) is 18.2 Å². The molecule has 4 N–H and O–H groups in total. The molecule has 0 bridgehead atoms. The van der Waals surface area contributed by atoms with Gasteiger partial charge >= 0.3 is 0 Å². The third-order valence-electron chi connectivity index (χ3n) is 2.68. The van der Waals surface area contributed by atoms with E-state index in [2.05, 4.69) is 10.6 Å². The van der Waals surface area contributed by atoms with Gasteiger partial charge in [0.2, 0.25) is 11.8 Å². The van der Waals surface area contributed by atoms with E-state index in [-0.39, 0.29) is 11.8 Å². The summed E-state index contributed by atoms with van der Waals surface area (Å²) in [6.45, 7) is 5.32. The van der Waals surface area contributed by atoms with Crippen molar-refractivity contribution in [2.75, 3.05) is 10.6 Å². The lowest BCUT2D eigenvalue weighted by Gasteiger charge is -2.15. The van der Waals surface area contributed by atoms with E-state index in [0.717, 1.165) is 12.0 Å². The van der Waals surface area contributed by atoms with Gasteiger partial charge in [0.1, 0.15) is 0 Å². The first-order chi connectivity index (χ1) is 8.93. The number of anilines is 2. The monoisotopic (exact) mass is 263 g/mol. The lowest BCUT2D eigenvalue weighted by Crippen LogP contribution is -2.35. The highest BCUT2D eigenvalue weighted by Gasteiger charge is 2.14. The van der Waals surface area contributed by atoms with Crippen molar-refractivity contribution in [3.63, 3.8) is 0 Å². The second-order valence-corrected chi connectivity index (χ2v) is 4.61. The van der Waals surface area contributed by atoms with Crippen LogP contribution in [0, 0.1) is 6.92 Å². The Bertz CT molecular complexity index is 472. The fraction of sp³-hybridized carbons (Fsp3) is 0.429. The first kappa shape index (κ1) is 15.2. The van der Waals surface area contributed by atoms with E-state index in [4.69, 9.17) is 5.73 Å². The van der Waals surface area contributed by atoms with E-state index in [9.17, 15) is 9.59 Å². The van der Waals surface area contributed by atoms with Gasteiger partial charge in [0.05, 0.1) is 17.4 Å². The number of carbonyl (C=O) groups excluding carboxylic acids is 2.